The molecule has 0 fully saturated rings. The Morgan fingerprint density at radius 2 is 2.30 bits per heavy atom. The molecule has 0 bridgehead atoms. The van der Waals surface area contributed by atoms with E-state index in [1.54, 1.807) is 6.33 Å². The van der Waals surface area contributed by atoms with Gasteiger partial charge >= 0.3 is 0 Å². The summed E-state index contributed by atoms with van der Waals surface area (Å²) < 4.78 is 0. The van der Waals surface area contributed by atoms with Gasteiger partial charge in [-0.25, -0.2) is 0 Å². The van der Waals surface area contributed by atoms with E-state index >= 15 is 0 Å². The van der Waals surface area contributed by atoms with Gasteiger partial charge < -0.3 is 15.0 Å². The van der Waals surface area contributed by atoms with Gasteiger partial charge in [-0.15, -0.1) is 0 Å². The summed E-state index contributed by atoms with van der Waals surface area (Å²) in [6.45, 7) is 0. The molecule has 4 nitrogen and oxygen atoms in total. The molecule has 0 aromatic carbocycles. The first-order valence-corrected chi connectivity index (χ1v) is 2.48. The molecular weight excluding hydrogens is 353 g/mol. The van der Waals surface area contributed by atoms with Gasteiger partial charge in [-0.1, -0.05) is 6.20 Å². The van der Waals surface area contributed by atoms with E-state index in [0.29, 0.717) is 5.65 Å². The van der Waals surface area contributed by atoms with Gasteiger partial charge in [0.15, 0.2) is 0 Å². The Morgan fingerprint density at radius 3 is 3.10 bits per heavy atom. The van der Waals surface area contributed by atoms with E-state index in [4.69, 9.17) is 0 Å². The Balaban J connectivity index is 0.000000500. The number of aromatic nitrogens is 4. The van der Waals surface area contributed by atoms with Gasteiger partial charge in [0.05, 0.1) is 12.0 Å². The van der Waals surface area contributed by atoms with Crippen LogP contribution in [0, 0.1) is 36.1 Å². The van der Waals surface area contributed by atoms with E-state index < -0.39 is 0 Å². The average molecular weight is 356 g/mol. The summed E-state index contributed by atoms with van der Waals surface area (Å²) in [5, 5.41) is 0. The second-order valence-corrected chi connectivity index (χ2v) is 1.59. The first-order valence-electron chi connectivity index (χ1n) is 2.48. The predicted octanol–water partition coefficient (Wildman–Crippen LogP) is 0.153. The van der Waals surface area contributed by atoms with Crippen molar-refractivity contribution in [1.29, 1.82) is 0 Å². The average Bonchev–Trinajstić information content (AvgIpc) is 2.33. The third-order valence-corrected chi connectivity index (χ3v) is 1.03. The van der Waals surface area contributed by atoms with E-state index in [1.807, 2.05) is 0 Å². The molecule has 2 aromatic heterocycles. The number of aromatic amines is 1. The molecule has 0 aliphatic carbocycles. The zero-order valence-electron chi connectivity index (χ0n) is 4.94. The molecule has 2 rings (SSSR count). The van der Waals surface area contributed by atoms with Crippen LogP contribution in [0.15, 0.2) is 12.7 Å². The van der Waals surface area contributed by atoms with E-state index in [1.165, 1.54) is 6.33 Å². The van der Waals surface area contributed by atoms with Crippen molar-refractivity contribution in [1.82, 2.24) is 19.9 Å². The van der Waals surface area contributed by atoms with Gasteiger partial charge in [-0.05, 0) is 5.52 Å². The molecule has 0 amide bonds. The molecule has 0 aliphatic rings. The summed E-state index contributed by atoms with van der Waals surface area (Å²) >= 11 is 0. The third kappa shape index (κ3) is 1.19. The minimum absolute atomic E-state index is 0. The number of fused-ring (bicyclic) bond motifs is 1. The maximum absolute atomic E-state index is 3.88. The fourth-order valence-electron chi connectivity index (χ4n) is 0.644. The van der Waals surface area contributed by atoms with Crippen LogP contribution >= 0.6 is 0 Å². The van der Waals surface area contributed by atoms with Gasteiger partial charge in [-0.2, -0.15) is 0 Å². The van der Waals surface area contributed by atoms with Crippen LogP contribution in [-0.2, 0) is 0 Å². The maximum atomic E-state index is 3.88. The Hall–Kier alpha value is -0.437. The SMILES string of the molecule is [Np].[c-]1ncnc2nc[nH]c12. The van der Waals surface area contributed by atoms with Crippen LogP contribution < -0.4 is 0 Å². The minimum atomic E-state index is 0. The van der Waals surface area contributed by atoms with Crippen molar-refractivity contribution in [3.05, 3.63) is 18.9 Å². The topological polar surface area (TPSA) is 54.5 Å². The molecule has 1 radical (unpaired) electrons. The normalized spacial score (nSPS) is 9.20. The van der Waals surface area contributed by atoms with Crippen LogP contribution in [0.4, 0.5) is 0 Å². The monoisotopic (exact) mass is 355 g/mol. The summed E-state index contributed by atoms with van der Waals surface area (Å²) in [4.78, 5) is 14.2. The van der Waals surface area contributed by atoms with Crippen molar-refractivity contribution in [2.45, 2.75) is 0 Å². The first-order chi connectivity index (χ1) is 4.47. The van der Waals surface area contributed by atoms with Crippen LogP contribution in [0.25, 0.3) is 11.2 Å². The molecule has 2 aromatic rings. The zero-order chi connectivity index (χ0) is 6.10. The predicted molar refractivity (Wildman–Crippen MR) is 30.5 cm³/mol. The fourth-order valence-corrected chi connectivity index (χ4v) is 0.644. The molecule has 1 N–H and O–H groups in total. The van der Waals surface area contributed by atoms with Crippen molar-refractivity contribution in [2.75, 3.05) is 0 Å². The number of imidazole rings is 1. The molecule has 0 spiro atoms. The molecule has 5 heteroatoms. The molecule has 0 atom stereocenters. The van der Waals surface area contributed by atoms with Crippen molar-refractivity contribution < 1.29 is 29.9 Å². The summed E-state index contributed by atoms with van der Waals surface area (Å²) in [7, 11) is 0. The number of nitrogens with zero attached hydrogens (tertiary/aromatic N) is 3. The second kappa shape index (κ2) is 3.10. The minimum Gasteiger partial charge on any atom is -0.374 e. The van der Waals surface area contributed by atoms with E-state index in [9.17, 15) is 0 Å². The van der Waals surface area contributed by atoms with E-state index in [2.05, 4.69) is 26.1 Å². The smallest absolute Gasteiger partial charge is 0.0790 e. The second-order valence-electron chi connectivity index (χ2n) is 1.59. The summed E-state index contributed by atoms with van der Waals surface area (Å²) in [5.74, 6) is 0. The van der Waals surface area contributed by atoms with Crippen LogP contribution in [0.3, 0.4) is 0 Å². The number of H-pyrrole nitrogens is 1. The summed E-state index contributed by atoms with van der Waals surface area (Å²) in [5.41, 5.74) is 1.41. The van der Waals surface area contributed by atoms with Crippen LogP contribution in [0.1, 0.15) is 0 Å². The Bertz CT molecular complexity index is 288. The Kier molecular flexibility index (Phi) is 2.38. The van der Waals surface area contributed by atoms with Crippen LogP contribution in [0.2, 0.25) is 0 Å². The molecule has 10 heavy (non-hydrogen) atoms. The van der Waals surface area contributed by atoms with E-state index in [-0.39, 0.29) is 29.9 Å². The van der Waals surface area contributed by atoms with Gasteiger partial charge in [0.1, 0.15) is 0 Å². The summed E-state index contributed by atoms with van der Waals surface area (Å²) in [6.07, 6.45) is 5.69. The van der Waals surface area contributed by atoms with Gasteiger partial charge in [0.25, 0.3) is 0 Å². The number of hydrogen-bond donors (Lipinski definition) is 1. The molecule has 2 heterocycles. The molecule has 0 unspecified atom stereocenters. The zero-order valence-corrected chi connectivity index (χ0v) is 8.67. The fraction of sp³-hybridized carbons (Fsp3) is 0. The molecular formula is C5H3N4Np-. The van der Waals surface area contributed by atoms with Crippen LogP contribution in [0.5, 0.6) is 0 Å². The Morgan fingerprint density at radius 1 is 1.40 bits per heavy atom. The molecule has 49 valence electrons. The standard InChI is InChI=1S/C5H3N4.Np/c1-4-5(8-2-6-1)9-3-7-4;/h2-3H,(H,6,7,8,9);/q-1;. The van der Waals surface area contributed by atoms with Crippen molar-refractivity contribution >= 4 is 11.2 Å². The molecule has 0 saturated carbocycles. The third-order valence-electron chi connectivity index (χ3n) is 1.03. The maximum Gasteiger partial charge on any atom is 0.0790 e. The van der Waals surface area contributed by atoms with Crippen molar-refractivity contribution in [3.63, 3.8) is 0 Å². The number of hydrogen-bond acceptors (Lipinski definition) is 3. The molecule has 0 saturated heterocycles. The van der Waals surface area contributed by atoms with Crippen molar-refractivity contribution in [3.8, 4) is 0 Å². The van der Waals surface area contributed by atoms with E-state index in [0.717, 1.165) is 5.52 Å². The van der Waals surface area contributed by atoms with Crippen molar-refractivity contribution in [2.24, 2.45) is 0 Å². The molecule has 0 aliphatic heterocycles. The van der Waals surface area contributed by atoms with Crippen LogP contribution in [-0.4, -0.2) is 19.9 Å². The van der Waals surface area contributed by atoms with Gasteiger partial charge in [-0.3, -0.25) is 4.98 Å². The largest absolute Gasteiger partial charge is 0.374 e. The quantitative estimate of drug-likeness (QED) is 0.684. The van der Waals surface area contributed by atoms with Gasteiger partial charge in [0, 0.05) is 36.3 Å². The van der Waals surface area contributed by atoms with Gasteiger partial charge in [0.2, 0.25) is 0 Å². The number of rotatable bonds is 0. The number of nitrogens with one attached hydrogen (secondary N) is 1. The Labute approximate surface area is 79.8 Å². The first kappa shape index (κ1) is 7.67. The summed E-state index contributed by atoms with van der Waals surface area (Å²) in [6, 6.07) is 0.